The van der Waals surface area contributed by atoms with E-state index in [2.05, 4.69) is 10.9 Å². The number of ether oxygens (including phenoxy) is 2. The van der Waals surface area contributed by atoms with Crippen molar-refractivity contribution in [2.75, 3.05) is 7.11 Å². The predicted molar refractivity (Wildman–Crippen MR) is 88.4 cm³/mol. The average molecular weight is 322 g/mol. The van der Waals surface area contributed by atoms with E-state index in [0.29, 0.717) is 29.4 Å². The number of carbonyl (C=O) groups excluding carboxylic acids is 2. The Morgan fingerprint density at radius 2 is 1.78 bits per heavy atom. The zero-order chi connectivity index (χ0) is 17.4. The van der Waals surface area contributed by atoms with Gasteiger partial charge in [-0.2, -0.15) is 0 Å². The SMILES string of the molecule is COc1cc(C(=O)NNC(=O)CCC(C)C)ccc1OC(C)C. The van der Waals surface area contributed by atoms with E-state index in [1.807, 2.05) is 27.7 Å². The second-order valence-electron chi connectivity index (χ2n) is 5.97. The third-order valence-corrected chi connectivity index (χ3v) is 3.05. The Morgan fingerprint density at radius 3 is 2.35 bits per heavy atom. The van der Waals surface area contributed by atoms with E-state index in [4.69, 9.17) is 9.47 Å². The molecule has 1 aromatic carbocycles. The number of hydrogen-bond donors (Lipinski definition) is 2. The second-order valence-corrected chi connectivity index (χ2v) is 5.97. The summed E-state index contributed by atoms with van der Waals surface area (Å²) in [4.78, 5) is 23.7. The molecule has 1 aromatic rings. The lowest BCUT2D eigenvalue weighted by Gasteiger charge is -2.14. The molecule has 0 unspecified atom stereocenters. The molecule has 0 aliphatic carbocycles. The number of carbonyl (C=O) groups is 2. The molecule has 6 nitrogen and oxygen atoms in total. The van der Waals surface area contributed by atoms with E-state index in [-0.39, 0.29) is 12.0 Å². The predicted octanol–water partition coefficient (Wildman–Crippen LogP) is 2.68. The zero-order valence-electron chi connectivity index (χ0n) is 14.4. The van der Waals surface area contributed by atoms with Crippen molar-refractivity contribution < 1.29 is 19.1 Å². The van der Waals surface area contributed by atoms with Gasteiger partial charge in [-0.1, -0.05) is 13.8 Å². The maximum absolute atomic E-state index is 12.1. The van der Waals surface area contributed by atoms with Gasteiger partial charge in [0, 0.05) is 12.0 Å². The molecule has 0 heterocycles. The van der Waals surface area contributed by atoms with E-state index in [1.165, 1.54) is 7.11 Å². The molecule has 0 bridgehead atoms. The first kappa shape index (κ1) is 18.8. The third-order valence-electron chi connectivity index (χ3n) is 3.05. The van der Waals surface area contributed by atoms with E-state index >= 15 is 0 Å². The maximum Gasteiger partial charge on any atom is 0.269 e. The van der Waals surface area contributed by atoms with Crippen LogP contribution in [0.1, 0.15) is 50.9 Å². The number of methoxy groups -OCH3 is 1. The Bertz CT molecular complexity index is 541. The molecule has 2 N–H and O–H groups in total. The van der Waals surface area contributed by atoms with Crippen LogP contribution in [0, 0.1) is 5.92 Å². The molecular formula is C17H26N2O4. The fraction of sp³-hybridized carbons (Fsp3) is 0.529. The highest BCUT2D eigenvalue weighted by molar-refractivity contribution is 5.96. The molecule has 6 heteroatoms. The Hall–Kier alpha value is -2.24. The summed E-state index contributed by atoms with van der Waals surface area (Å²) < 4.78 is 10.8. The van der Waals surface area contributed by atoms with Crippen LogP contribution < -0.4 is 20.3 Å². The number of amides is 2. The van der Waals surface area contributed by atoms with E-state index in [9.17, 15) is 9.59 Å². The minimum atomic E-state index is -0.405. The molecule has 0 aromatic heterocycles. The Morgan fingerprint density at radius 1 is 1.09 bits per heavy atom. The number of hydrazine groups is 1. The molecule has 0 spiro atoms. The molecule has 0 saturated heterocycles. The lowest BCUT2D eigenvalue weighted by atomic mass is 10.1. The molecule has 0 fully saturated rings. The highest BCUT2D eigenvalue weighted by Gasteiger charge is 2.13. The summed E-state index contributed by atoms with van der Waals surface area (Å²) in [5.41, 5.74) is 5.19. The van der Waals surface area contributed by atoms with Crippen LogP contribution in [0.2, 0.25) is 0 Å². The van der Waals surface area contributed by atoms with E-state index in [1.54, 1.807) is 18.2 Å². The number of nitrogens with one attached hydrogen (secondary N) is 2. The summed E-state index contributed by atoms with van der Waals surface area (Å²) in [6.07, 6.45) is 1.16. The Labute approximate surface area is 137 Å². The van der Waals surface area contributed by atoms with Gasteiger partial charge in [-0.25, -0.2) is 0 Å². The van der Waals surface area contributed by atoms with Crippen LogP contribution in [0.25, 0.3) is 0 Å². The molecule has 0 aliphatic heterocycles. The van der Waals surface area contributed by atoms with Gasteiger partial charge in [0.05, 0.1) is 13.2 Å². The molecule has 1 rings (SSSR count). The van der Waals surface area contributed by atoms with Gasteiger partial charge in [0.2, 0.25) is 5.91 Å². The van der Waals surface area contributed by atoms with Crippen LogP contribution in [0.4, 0.5) is 0 Å². The normalized spacial score (nSPS) is 10.6. The summed E-state index contributed by atoms with van der Waals surface area (Å²) in [7, 11) is 1.51. The van der Waals surface area contributed by atoms with Crippen LogP contribution in [0.15, 0.2) is 18.2 Å². The number of rotatable bonds is 7. The highest BCUT2D eigenvalue weighted by atomic mass is 16.5. The lowest BCUT2D eigenvalue weighted by molar-refractivity contribution is -0.122. The van der Waals surface area contributed by atoms with Crippen molar-refractivity contribution in [1.82, 2.24) is 10.9 Å². The van der Waals surface area contributed by atoms with Crippen molar-refractivity contribution in [3.63, 3.8) is 0 Å². The highest BCUT2D eigenvalue weighted by Crippen LogP contribution is 2.28. The molecule has 0 radical (unpaired) electrons. The lowest BCUT2D eigenvalue weighted by Crippen LogP contribution is -2.41. The van der Waals surface area contributed by atoms with E-state index < -0.39 is 5.91 Å². The van der Waals surface area contributed by atoms with Crippen molar-refractivity contribution in [2.45, 2.75) is 46.6 Å². The van der Waals surface area contributed by atoms with Crippen molar-refractivity contribution in [3.8, 4) is 11.5 Å². The molecule has 2 amide bonds. The maximum atomic E-state index is 12.1. The Kier molecular flexibility index (Phi) is 7.38. The molecular weight excluding hydrogens is 296 g/mol. The van der Waals surface area contributed by atoms with Gasteiger partial charge in [-0.3, -0.25) is 20.4 Å². The smallest absolute Gasteiger partial charge is 0.269 e. The van der Waals surface area contributed by atoms with Gasteiger partial charge in [0.1, 0.15) is 0 Å². The third kappa shape index (κ3) is 6.59. The van der Waals surface area contributed by atoms with Crippen LogP contribution in [0.3, 0.4) is 0 Å². The van der Waals surface area contributed by atoms with Crippen LogP contribution >= 0.6 is 0 Å². The van der Waals surface area contributed by atoms with Crippen molar-refractivity contribution in [3.05, 3.63) is 23.8 Å². The number of hydrogen-bond acceptors (Lipinski definition) is 4. The molecule has 128 valence electrons. The average Bonchev–Trinajstić information content (AvgIpc) is 2.50. The zero-order valence-corrected chi connectivity index (χ0v) is 14.4. The largest absolute Gasteiger partial charge is 0.493 e. The van der Waals surface area contributed by atoms with E-state index in [0.717, 1.165) is 6.42 Å². The van der Waals surface area contributed by atoms with Crippen molar-refractivity contribution in [1.29, 1.82) is 0 Å². The van der Waals surface area contributed by atoms with Crippen LogP contribution in [-0.2, 0) is 4.79 Å². The van der Waals surface area contributed by atoms with Gasteiger partial charge in [0.25, 0.3) is 5.91 Å². The minimum Gasteiger partial charge on any atom is -0.493 e. The van der Waals surface area contributed by atoms with Gasteiger partial charge in [0.15, 0.2) is 11.5 Å². The van der Waals surface area contributed by atoms with Crippen molar-refractivity contribution >= 4 is 11.8 Å². The summed E-state index contributed by atoms with van der Waals surface area (Å²) in [5.74, 6) is 0.864. The molecule has 0 saturated carbocycles. The van der Waals surface area contributed by atoms with Gasteiger partial charge >= 0.3 is 0 Å². The summed E-state index contributed by atoms with van der Waals surface area (Å²) in [5, 5.41) is 0. The summed E-state index contributed by atoms with van der Waals surface area (Å²) in [6, 6.07) is 4.87. The Balaban J connectivity index is 2.64. The fourth-order valence-corrected chi connectivity index (χ4v) is 1.84. The van der Waals surface area contributed by atoms with Gasteiger partial charge in [-0.05, 0) is 44.4 Å². The molecule has 23 heavy (non-hydrogen) atoms. The van der Waals surface area contributed by atoms with Crippen LogP contribution in [-0.4, -0.2) is 25.0 Å². The first-order valence-corrected chi connectivity index (χ1v) is 7.77. The molecule has 0 atom stereocenters. The fourth-order valence-electron chi connectivity index (χ4n) is 1.84. The van der Waals surface area contributed by atoms with Crippen molar-refractivity contribution in [2.24, 2.45) is 5.92 Å². The van der Waals surface area contributed by atoms with Crippen LogP contribution in [0.5, 0.6) is 11.5 Å². The summed E-state index contributed by atoms with van der Waals surface area (Å²) >= 11 is 0. The van der Waals surface area contributed by atoms with Gasteiger partial charge in [-0.15, -0.1) is 0 Å². The standard InChI is InChI=1S/C17H26N2O4/c1-11(2)6-9-16(20)18-19-17(21)13-7-8-14(23-12(3)4)15(10-13)22-5/h7-8,10-12H,6,9H2,1-5H3,(H,18,20)(H,19,21). The first-order valence-electron chi connectivity index (χ1n) is 7.77. The minimum absolute atomic E-state index is 0.00354. The molecule has 0 aliphatic rings. The van der Waals surface area contributed by atoms with Gasteiger partial charge < -0.3 is 9.47 Å². The first-order chi connectivity index (χ1) is 10.8. The topological polar surface area (TPSA) is 76.7 Å². The second kappa shape index (κ2) is 9.02. The quantitative estimate of drug-likeness (QED) is 0.757. The number of benzene rings is 1. The summed E-state index contributed by atoms with van der Waals surface area (Å²) in [6.45, 7) is 7.90. The monoisotopic (exact) mass is 322 g/mol.